The highest BCUT2D eigenvalue weighted by Crippen LogP contribution is 2.27. The van der Waals surface area contributed by atoms with Gasteiger partial charge in [0, 0.05) is 10.7 Å². The number of benzene rings is 2. The van der Waals surface area contributed by atoms with Gasteiger partial charge in [-0.25, -0.2) is 30.8 Å². The summed E-state index contributed by atoms with van der Waals surface area (Å²) in [7, 11) is 0. The molecule has 1 heterocycles. The molecule has 1 unspecified atom stereocenters. The highest BCUT2D eigenvalue weighted by molar-refractivity contribution is 6.30. The van der Waals surface area contributed by atoms with Crippen LogP contribution in [0.15, 0.2) is 53.8 Å². The topological polar surface area (TPSA) is 156 Å². The fraction of sp³-hybridized carbons (Fsp3) is 0.318. The molecule has 35 heavy (non-hydrogen) atoms. The molecular weight excluding hydrogens is 476 g/mol. The lowest BCUT2D eigenvalue weighted by atomic mass is 9.96. The molecule has 1 aliphatic heterocycles. The second-order valence-corrected chi connectivity index (χ2v) is 8.61. The van der Waals surface area contributed by atoms with Gasteiger partial charge < -0.3 is 10.1 Å². The molecule has 0 bridgehead atoms. The van der Waals surface area contributed by atoms with Gasteiger partial charge in [0.1, 0.15) is 12.3 Å². The molecule has 13 heteroatoms. The zero-order valence-corrected chi connectivity index (χ0v) is 19.4. The van der Waals surface area contributed by atoms with Crippen LogP contribution >= 0.6 is 11.6 Å². The number of hydrogen-bond acceptors (Lipinski definition) is 8. The summed E-state index contributed by atoms with van der Waals surface area (Å²) in [6.07, 6.45) is 2.43. The molecule has 1 saturated heterocycles. The number of nitrogens with two attached hydrogens (primary N) is 1. The average molecular weight is 501 g/mol. The number of carbonyl (C=O) groups is 3. The third-order valence-electron chi connectivity index (χ3n) is 5.74. The predicted molar refractivity (Wildman–Crippen MR) is 126 cm³/mol. The normalized spacial score (nSPS) is 18.2. The summed E-state index contributed by atoms with van der Waals surface area (Å²) in [5, 5.41) is 7.25. The van der Waals surface area contributed by atoms with Gasteiger partial charge in [0.15, 0.2) is 0 Å². The molecule has 2 aromatic carbocycles. The van der Waals surface area contributed by atoms with Crippen molar-refractivity contribution < 1.29 is 19.1 Å². The molecule has 0 aromatic heterocycles. The zero-order chi connectivity index (χ0) is 24.9. The van der Waals surface area contributed by atoms with Crippen molar-refractivity contribution in [3.63, 3.8) is 0 Å². The zero-order valence-electron chi connectivity index (χ0n) is 18.7. The van der Waals surface area contributed by atoms with E-state index in [1.807, 2.05) is 5.43 Å². The van der Waals surface area contributed by atoms with Crippen molar-refractivity contribution in [2.24, 2.45) is 11.1 Å². The van der Waals surface area contributed by atoms with Crippen molar-refractivity contribution >= 4 is 35.3 Å². The van der Waals surface area contributed by atoms with E-state index >= 15 is 0 Å². The Labute approximate surface area is 206 Å². The van der Waals surface area contributed by atoms with Crippen LogP contribution in [-0.2, 0) is 11.3 Å². The van der Waals surface area contributed by atoms with E-state index < -0.39 is 30.8 Å². The van der Waals surface area contributed by atoms with Crippen LogP contribution < -0.4 is 21.3 Å². The average Bonchev–Trinajstić information content (AvgIpc) is 2.82. The third-order valence-corrected chi connectivity index (χ3v) is 5.99. The number of amides is 5. The predicted octanol–water partition coefficient (Wildman–Crippen LogP) is 3.26. The Balaban J connectivity index is 1.56. The minimum Gasteiger partial charge on any atom is -0.490 e. The van der Waals surface area contributed by atoms with Crippen molar-refractivity contribution in [3.05, 3.63) is 59.1 Å². The van der Waals surface area contributed by atoms with E-state index in [4.69, 9.17) is 27.7 Å². The molecule has 2 aromatic rings. The van der Waals surface area contributed by atoms with E-state index in [0.29, 0.717) is 15.6 Å². The SMILES string of the molecule is N=NNC(=O)CN1C(=O)N(N)C(Nc2ccc(OC3CCC3)cc2)N(Cc2ccc(Cl)cc2)C1=O. The summed E-state index contributed by atoms with van der Waals surface area (Å²) in [6.45, 7) is -0.580. The number of hydrogen-bond donors (Lipinski definition) is 4. The van der Waals surface area contributed by atoms with Crippen molar-refractivity contribution in [2.75, 3.05) is 11.9 Å². The van der Waals surface area contributed by atoms with Gasteiger partial charge in [0.2, 0.25) is 6.29 Å². The fourth-order valence-electron chi connectivity index (χ4n) is 3.66. The van der Waals surface area contributed by atoms with Gasteiger partial charge in [-0.15, -0.1) is 0 Å². The van der Waals surface area contributed by atoms with E-state index in [2.05, 4.69) is 10.5 Å². The number of ether oxygens (including phenoxy) is 1. The monoisotopic (exact) mass is 500 g/mol. The summed E-state index contributed by atoms with van der Waals surface area (Å²) in [6, 6.07) is 12.4. The fourth-order valence-corrected chi connectivity index (χ4v) is 3.79. The second-order valence-electron chi connectivity index (χ2n) is 8.17. The van der Waals surface area contributed by atoms with Gasteiger partial charge in [0.05, 0.1) is 12.6 Å². The third kappa shape index (κ3) is 5.61. The number of anilines is 1. The number of imide groups is 1. The molecule has 184 valence electrons. The van der Waals surface area contributed by atoms with Gasteiger partial charge >= 0.3 is 12.1 Å². The lowest BCUT2D eigenvalue weighted by Crippen LogP contribution is -2.71. The molecule has 0 radical (unpaired) electrons. The van der Waals surface area contributed by atoms with Gasteiger partial charge in [-0.05, 0) is 61.2 Å². The Kier molecular flexibility index (Phi) is 7.32. The standard InChI is InChI=1S/C22H25ClN8O4/c23-15-6-4-14(5-7-15)12-29-20(26-16-8-10-18(11-9-16)35-17-2-1-3-17)31(25)22(34)30(21(29)33)13-19(32)27-28-24/h4-11,17,20,26H,1-3,12-13,25H2,(H2,24,27,32). The molecular formula is C22H25ClN8O4. The minimum atomic E-state index is -1.05. The van der Waals surface area contributed by atoms with Crippen LogP contribution in [0.25, 0.3) is 0 Å². The Hall–Kier alpha value is -3.90. The van der Waals surface area contributed by atoms with Crippen LogP contribution in [-0.4, -0.2) is 51.7 Å². The number of rotatable bonds is 9. The van der Waals surface area contributed by atoms with Crippen LogP contribution in [0, 0.1) is 5.53 Å². The van der Waals surface area contributed by atoms with Gasteiger partial charge in [-0.1, -0.05) is 29.0 Å². The van der Waals surface area contributed by atoms with E-state index in [0.717, 1.165) is 29.2 Å². The maximum atomic E-state index is 13.3. The van der Waals surface area contributed by atoms with E-state index in [9.17, 15) is 14.4 Å². The number of urea groups is 2. The molecule has 0 spiro atoms. The highest BCUT2D eigenvalue weighted by Gasteiger charge is 2.44. The maximum Gasteiger partial charge on any atom is 0.346 e. The molecule has 1 atom stereocenters. The molecule has 2 fully saturated rings. The van der Waals surface area contributed by atoms with Crippen molar-refractivity contribution in [1.29, 1.82) is 5.53 Å². The summed E-state index contributed by atoms with van der Waals surface area (Å²) in [5.74, 6) is 6.03. The van der Waals surface area contributed by atoms with Crippen LogP contribution in [0.3, 0.4) is 0 Å². The summed E-state index contributed by atoms with van der Waals surface area (Å²) in [4.78, 5) is 40.1. The van der Waals surface area contributed by atoms with Crippen LogP contribution in [0.2, 0.25) is 5.02 Å². The number of nitrogens with one attached hydrogen (secondary N) is 3. The molecule has 1 aliphatic carbocycles. The van der Waals surface area contributed by atoms with Crippen LogP contribution in [0.4, 0.5) is 15.3 Å². The van der Waals surface area contributed by atoms with Crippen molar-refractivity contribution in [3.8, 4) is 5.75 Å². The first-order valence-electron chi connectivity index (χ1n) is 10.9. The number of halogens is 1. The highest BCUT2D eigenvalue weighted by atomic mass is 35.5. The summed E-state index contributed by atoms with van der Waals surface area (Å²) >= 11 is 5.98. The quantitative estimate of drug-likeness (QED) is 0.179. The van der Waals surface area contributed by atoms with Crippen molar-refractivity contribution in [2.45, 2.75) is 38.2 Å². The largest absolute Gasteiger partial charge is 0.490 e. The van der Waals surface area contributed by atoms with Gasteiger partial charge in [-0.3, -0.25) is 9.69 Å². The maximum absolute atomic E-state index is 13.3. The lowest BCUT2D eigenvalue weighted by Gasteiger charge is -2.45. The minimum absolute atomic E-state index is 0.0679. The molecule has 1 saturated carbocycles. The number of carbonyl (C=O) groups excluding carboxylic acids is 3. The smallest absolute Gasteiger partial charge is 0.346 e. The first-order valence-corrected chi connectivity index (χ1v) is 11.3. The Morgan fingerprint density at radius 2 is 1.80 bits per heavy atom. The van der Waals surface area contributed by atoms with Gasteiger partial charge in [0.25, 0.3) is 5.91 Å². The second kappa shape index (κ2) is 10.6. The van der Waals surface area contributed by atoms with Crippen LogP contribution in [0.5, 0.6) is 5.75 Å². The van der Waals surface area contributed by atoms with E-state index in [-0.39, 0.29) is 12.6 Å². The Morgan fingerprint density at radius 1 is 1.11 bits per heavy atom. The number of hydrazine groups is 1. The summed E-state index contributed by atoms with van der Waals surface area (Å²) in [5.41, 5.74) is 9.97. The first-order chi connectivity index (χ1) is 16.9. The number of nitrogens with zero attached hydrogens (tertiary/aromatic N) is 4. The Bertz CT molecular complexity index is 1090. The first kappa shape index (κ1) is 24.2. The van der Waals surface area contributed by atoms with Crippen LogP contribution in [0.1, 0.15) is 24.8 Å². The van der Waals surface area contributed by atoms with Crippen molar-refractivity contribution in [1.82, 2.24) is 20.2 Å². The van der Waals surface area contributed by atoms with E-state index in [1.165, 1.54) is 11.3 Å². The lowest BCUT2D eigenvalue weighted by molar-refractivity contribution is -0.122. The molecule has 5 N–H and O–H groups in total. The van der Waals surface area contributed by atoms with Gasteiger partial charge in [-0.2, -0.15) is 5.53 Å². The Morgan fingerprint density at radius 3 is 2.40 bits per heavy atom. The molecule has 5 amide bonds. The van der Waals surface area contributed by atoms with E-state index in [1.54, 1.807) is 48.5 Å². The molecule has 2 aliphatic rings. The summed E-state index contributed by atoms with van der Waals surface area (Å²) < 4.78 is 5.87. The molecule has 12 nitrogen and oxygen atoms in total. The molecule has 4 rings (SSSR count).